The molecule has 7 nitrogen and oxygen atoms in total. The summed E-state index contributed by atoms with van der Waals surface area (Å²) in [6, 6.07) is 14.2. The summed E-state index contributed by atoms with van der Waals surface area (Å²) in [6.07, 6.45) is 0.176. The first kappa shape index (κ1) is 20.1. The van der Waals surface area contributed by atoms with E-state index in [4.69, 9.17) is 14.2 Å². The van der Waals surface area contributed by atoms with Crippen LogP contribution in [0.1, 0.15) is 16.8 Å². The smallest absolute Gasteiger partial charge is 0.255 e. The molecule has 2 amide bonds. The molecule has 2 rings (SSSR count). The van der Waals surface area contributed by atoms with Gasteiger partial charge in [-0.05, 0) is 24.3 Å². The van der Waals surface area contributed by atoms with Crippen molar-refractivity contribution >= 4 is 11.8 Å². The molecule has 0 saturated carbocycles. The Labute approximate surface area is 158 Å². The summed E-state index contributed by atoms with van der Waals surface area (Å²) in [5.41, 5.74) is 0.436. The monoisotopic (exact) mass is 372 g/mol. The van der Waals surface area contributed by atoms with Crippen molar-refractivity contribution in [1.29, 1.82) is 0 Å². The molecule has 0 bridgehead atoms. The van der Waals surface area contributed by atoms with Gasteiger partial charge in [0.15, 0.2) is 11.5 Å². The Morgan fingerprint density at radius 2 is 1.44 bits per heavy atom. The van der Waals surface area contributed by atoms with Gasteiger partial charge < -0.3 is 24.8 Å². The molecule has 0 aliphatic heterocycles. The van der Waals surface area contributed by atoms with E-state index in [2.05, 4.69) is 10.6 Å². The van der Waals surface area contributed by atoms with E-state index in [1.165, 1.54) is 7.11 Å². The van der Waals surface area contributed by atoms with E-state index in [1.54, 1.807) is 43.5 Å². The summed E-state index contributed by atoms with van der Waals surface area (Å²) in [6.45, 7) is 0.910. The topological polar surface area (TPSA) is 85.9 Å². The van der Waals surface area contributed by atoms with Crippen LogP contribution in [0.2, 0.25) is 0 Å². The average molecular weight is 372 g/mol. The maximum Gasteiger partial charge on any atom is 0.255 e. The Morgan fingerprint density at radius 3 is 2.15 bits per heavy atom. The van der Waals surface area contributed by atoms with Crippen molar-refractivity contribution in [2.45, 2.75) is 6.42 Å². The van der Waals surface area contributed by atoms with Crippen LogP contribution in [0.4, 0.5) is 0 Å². The summed E-state index contributed by atoms with van der Waals surface area (Å²) in [5.74, 6) is 1.31. The van der Waals surface area contributed by atoms with Gasteiger partial charge >= 0.3 is 0 Å². The van der Waals surface area contributed by atoms with E-state index in [-0.39, 0.29) is 24.8 Å². The second-order valence-electron chi connectivity index (χ2n) is 5.56. The molecule has 0 fully saturated rings. The molecular formula is C20H24N2O5. The molecule has 0 heterocycles. The van der Waals surface area contributed by atoms with Gasteiger partial charge in [-0.2, -0.15) is 0 Å². The van der Waals surface area contributed by atoms with Crippen molar-refractivity contribution in [2.75, 3.05) is 33.9 Å². The predicted molar refractivity (Wildman–Crippen MR) is 101 cm³/mol. The highest BCUT2D eigenvalue weighted by atomic mass is 16.5. The molecule has 0 unspecified atom stereocenters. The Kier molecular flexibility index (Phi) is 7.96. The first-order valence-electron chi connectivity index (χ1n) is 8.59. The first-order chi connectivity index (χ1) is 13.2. The zero-order valence-electron chi connectivity index (χ0n) is 15.5. The molecule has 2 aromatic carbocycles. The van der Waals surface area contributed by atoms with E-state index in [9.17, 15) is 9.59 Å². The number of carbonyl (C=O) groups excluding carboxylic acids is 2. The van der Waals surface area contributed by atoms with Crippen LogP contribution in [0.15, 0.2) is 48.5 Å². The van der Waals surface area contributed by atoms with Gasteiger partial charge in [-0.1, -0.05) is 24.3 Å². The van der Waals surface area contributed by atoms with Gasteiger partial charge in [0.25, 0.3) is 5.91 Å². The minimum Gasteiger partial charge on any atom is -0.496 e. The summed E-state index contributed by atoms with van der Waals surface area (Å²) in [7, 11) is 3.08. The third-order valence-electron chi connectivity index (χ3n) is 3.74. The Bertz CT molecular complexity index is 764. The van der Waals surface area contributed by atoms with E-state index in [0.717, 1.165) is 0 Å². The number of para-hydroxylation sites is 3. The van der Waals surface area contributed by atoms with Crippen LogP contribution in [0.25, 0.3) is 0 Å². The predicted octanol–water partition coefficient (Wildman–Crippen LogP) is 2.02. The lowest BCUT2D eigenvalue weighted by atomic mass is 10.2. The SMILES string of the molecule is COc1ccccc1OCCNC(=O)CCNC(=O)c1ccccc1OC. The Balaban J connectivity index is 1.65. The normalized spacial score (nSPS) is 10.0. The summed E-state index contributed by atoms with van der Waals surface area (Å²) >= 11 is 0. The van der Waals surface area contributed by atoms with Gasteiger partial charge in [0.1, 0.15) is 12.4 Å². The van der Waals surface area contributed by atoms with Crippen molar-refractivity contribution in [3.63, 3.8) is 0 Å². The maximum atomic E-state index is 12.1. The molecular weight excluding hydrogens is 348 g/mol. The number of amides is 2. The third kappa shape index (κ3) is 6.22. The van der Waals surface area contributed by atoms with Gasteiger partial charge in [0, 0.05) is 13.0 Å². The molecule has 0 radical (unpaired) electrons. The lowest BCUT2D eigenvalue weighted by Gasteiger charge is -2.11. The van der Waals surface area contributed by atoms with Gasteiger partial charge in [0.2, 0.25) is 5.91 Å². The van der Waals surface area contributed by atoms with Crippen LogP contribution in [0.3, 0.4) is 0 Å². The Hall–Kier alpha value is -3.22. The molecule has 27 heavy (non-hydrogen) atoms. The number of carbonyl (C=O) groups is 2. The van der Waals surface area contributed by atoms with Gasteiger partial charge in [-0.25, -0.2) is 0 Å². The van der Waals surface area contributed by atoms with Gasteiger partial charge in [-0.3, -0.25) is 9.59 Å². The number of hydrogen-bond acceptors (Lipinski definition) is 5. The molecule has 0 atom stereocenters. The molecule has 7 heteroatoms. The lowest BCUT2D eigenvalue weighted by molar-refractivity contribution is -0.121. The van der Waals surface area contributed by atoms with Crippen molar-refractivity contribution in [3.8, 4) is 17.2 Å². The van der Waals surface area contributed by atoms with E-state index >= 15 is 0 Å². The number of nitrogens with one attached hydrogen (secondary N) is 2. The molecule has 0 saturated heterocycles. The highest BCUT2D eigenvalue weighted by Gasteiger charge is 2.11. The largest absolute Gasteiger partial charge is 0.496 e. The summed E-state index contributed by atoms with van der Waals surface area (Å²) in [4.78, 5) is 24.0. The quantitative estimate of drug-likeness (QED) is 0.623. The van der Waals surface area contributed by atoms with E-state index < -0.39 is 0 Å². The summed E-state index contributed by atoms with van der Waals surface area (Å²) < 4.78 is 15.9. The number of hydrogen-bond donors (Lipinski definition) is 2. The van der Waals surface area contributed by atoms with E-state index in [1.807, 2.05) is 12.1 Å². The van der Waals surface area contributed by atoms with Gasteiger partial charge in [-0.15, -0.1) is 0 Å². The molecule has 0 aliphatic rings. The van der Waals surface area contributed by atoms with Crippen LogP contribution in [-0.4, -0.2) is 45.7 Å². The zero-order valence-corrected chi connectivity index (χ0v) is 15.5. The summed E-state index contributed by atoms with van der Waals surface area (Å²) in [5, 5.41) is 5.45. The van der Waals surface area contributed by atoms with Crippen LogP contribution in [-0.2, 0) is 4.79 Å². The number of ether oxygens (including phenoxy) is 3. The second kappa shape index (κ2) is 10.7. The standard InChI is InChI=1S/C20H24N2O5/c1-25-16-8-4-3-7-15(16)20(24)22-12-11-19(23)21-13-14-27-18-10-6-5-9-17(18)26-2/h3-10H,11-14H2,1-2H3,(H,21,23)(H,22,24). The molecule has 0 spiro atoms. The molecule has 144 valence electrons. The maximum absolute atomic E-state index is 12.1. The van der Waals surface area contributed by atoms with Crippen molar-refractivity contribution < 1.29 is 23.8 Å². The fourth-order valence-corrected chi connectivity index (χ4v) is 2.39. The van der Waals surface area contributed by atoms with Crippen LogP contribution < -0.4 is 24.8 Å². The number of methoxy groups -OCH3 is 2. The molecule has 2 N–H and O–H groups in total. The van der Waals surface area contributed by atoms with Crippen molar-refractivity contribution in [2.24, 2.45) is 0 Å². The number of benzene rings is 2. The third-order valence-corrected chi connectivity index (χ3v) is 3.74. The second-order valence-corrected chi connectivity index (χ2v) is 5.56. The van der Waals surface area contributed by atoms with E-state index in [0.29, 0.717) is 36.0 Å². The highest BCUT2D eigenvalue weighted by Crippen LogP contribution is 2.25. The van der Waals surface area contributed by atoms with Crippen LogP contribution in [0.5, 0.6) is 17.2 Å². The number of rotatable bonds is 10. The van der Waals surface area contributed by atoms with Crippen molar-refractivity contribution in [3.05, 3.63) is 54.1 Å². The minimum absolute atomic E-state index is 0.168. The Morgan fingerprint density at radius 1 is 0.815 bits per heavy atom. The first-order valence-corrected chi connectivity index (χ1v) is 8.59. The minimum atomic E-state index is -0.278. The lowest BCUT2D eigenvalue weighted by Crippen LogP contribution is -2.32. The van der Waals surface area contributed by atoms with Gasteiger partial charge in [0.05, 0.1) is 26.3 Å². The molecule has 0 aliphatic carbocycles. The molecule has 2 aromatic rings. The highest BCUT2D eigenvalue weighted by molar-refractivity contribution is 5.97. The zero-order chi connectivity index (χ0) is 19.5. The van der Waals surface area contributed by atoms with Crippen LogP contribution >= 0.6 is 0 Å². The van der Waals surface area contributed by atoms with Crippen LogP contribution in [0, 0.1) is 0 Å². The fraction of sp³-hybridized carbons (Fsp3) is 0.300. The van der Waals surface area contributed by atoms with Crippen molar-refractivity contribution in [1.82, 2.24) is 10.6 Å². The average Bonchev–Trinajstić information content (AvgIpc) is 2.71. The fourth-order valence-electron chi connectivity index (χ4n) is 2.39. The molecule has 0 aromatic heterocycles.